The average Bonchev–Trinajstić information content (AvgIpc) is 2.82. The van der Waals surface area contributed by atoms with Crippen LogP contribution in [-0.4, -0.2) is 44.2 Å². The van der Waals surface area contributed by atoms with Crippen molar-refractivity contribution in [3.63, 3.8) is 0 Å². The molecule has 0 saturated carbocycles. The Morgan fingerprint density at radius 1 is 0.969 bits per heavy atom. The predicted octanol–water partition coefficient (Wildman–Crippen LogP) is 4.64. The van der Waals surface area contributed by atoms with E-state index in [4.69, 9.17) is 4.74 Å². The van der Waals surface area contributed by atoms with Crippen LogP contribution in [0.3, 0.4) is 0 Å². The number of hydrogen-bond acceptors (Lipinski definition) is 4. The van der Waals surface area contributed by atoms with Gasteiger partial charge in [-0.1, -0.05) is 66.2 Å². The summed E-state index contributed by atoms with van der Waals surface area (Å²) < 4.78 is 5.53. The molecule has 4 rings (SSSR count). The standard InChI is InChI=1S/C27H31N3O2/c1-21-12-14-24(15-13-21)28-27(31)26(22-8-4-3-5-9-22)29(2)20-23-10-6-7-11-25(23)30-16-18-32-19-17-30/h3-15,26H,16-20H2,1-2H3,(H,28,31)/t26-/m1/s1. The first-order chi connectivity index (χ1) is 15.6. The fraction of sp³-hybridized carbons (Fsp3) is 0.296. The van der Waals surface area contributed by atoms with E-state index in [1.807, 2.05) is 68.6 Å². The van der Waals surface area contributed by atoms with Gasteiger partial charge >= 0.3 is 0 Å². The Kier molecular flexibility index (Phi) is 7.20. The topological polar surface area (TPSA) is 44.8 Å². The molecule has 3 aromatic rings. The van der Waals surface area contributed by atoms with Crippen LogP contribution >= 0.6 is 0 Å². The van der Waals surface area contributed by atoms with Gasteiger partial charge < -0.3 is 15.0 Å². The van der Waals surface area contributed by atoms with Gasteiger partial charge in [0.15, 0.2) is 0 Å². The van der Waals surface area contributed by atoms with Crippen molar-refractivity contribution < 1.29 is 9.53 Å². The van der Waals surface area contributed by atoms with Crippen molar-refractivity contribution in [2.45, 2.75) is 19.5 Å². The summed E-state index contributed by atoms with van der Waals surface area (Å²) in [6.07, 6.45) is 0. The SMILES string of the molecule is Cc1ccc(NC(=O)[C@@H](c2ccccc2)N(C)Cc2ccccc2N2CCOCC2)cc1. The third-order valence-corrected chi connectivity index (χ3v) is 5.89. The first-order valence-electron chi connectivity index (χ1n) is 11.1. The molecule has 1 fully saturated rings. The van der Waals surface area contributed by atoms with Crippen molar-refractivity contribution in [1.29, 1.82) is 0 Å². The number of carbonyl (C=O) groups excluding carboxylic acids is 1. The lowest BCUT2D eigenvalue weighted by atomic mass is 10.0. The van der Waals surface area contributed by atoms with Gasteiger partial charge in [-0.15, -0.1) is 0 Å². The van der Waals surface area contributed by atoms with Gasteiger partial charge in [0.2, 0.25) is 5.91 Å². The summed E-state index contributed by atoms with van der Waals surface area (Å²) in [5.74, 6) is -0.0357. The molecule has 0 unspecified atom stereocenters. The van der Waals surface area contributed by atoms with E-state index in [1.165, 1.54) is 16.8 Å². The summed E-state index contributed by atoms with van der Waals surface area (Å²) in [4.78, 5) is 17.9. The quantitative estimate of drug-likeness (QED) is 0.594. The Morgan fingerprint density at radius 3 is 2.34 bits per heavy atom. The van der Waals surface area contributed by atoms with E-state index in [-0.39, 0.29) is 5.91 Å². The second kappa shape index (κ2) is 10.4. The molecule has 0 radical (unpaired) electrons. The van der Waals surface area contributed by atoms with Gasteiger partial charge in [0.05, 0.1) is 13.2 Å². The summed E-state index contributed by atoms with van der Waals surface area (Å²) in [7, 11) is 2.02. The molecule has 1 aliphatic rings. The Bertz CT molecular complexity index is 1010. The average molecular weight is 430 g/mol. The van der Waals surface area contributed by atoms with Crippen molar-refractivity contribution in [2.75, 3.05) is 43.6 Å². The Balaban J connectivity index is 1.58. The normalized spacial score (nSPS) is 14.9. The number of rotatable bonds is 7. The molecular weight excluding hydrogens is 398 g/mol. The molecule has 0 bridgehead atoms. The van der Waals surface area contributed by atoms with Crippen molar-refractivity contribution >= 4 is 17.3 Å². The highest BCUT2D eigenvalue weighted by Crippen LogP contribution is 2.28. The van der Waals surface area contributed by atoms with Gasteiger partial charge in [0.25, 0.3) is 0 Å². The van der Waals surface area contributed by atoms with E-state index in [9.17, 15) is 4.79 Å². The molecule has 3 aromatic carbocycles. The fourth-order valence-corrected chi connectivity index (χ4v) is 4.21. The Morgan fingerprint density at radius 2 is 1.62 bits per heavy atom. The van der Waals surface area contributed by atoms with Gasteiger partial charge in [-0.3, -0.25) is 9.69 Å². The highest BCUT2D eigenvalue weighted by atomic mass is 16.5. The molecule has 1 N–H and O–H groups in total. The molecule has 5 heteroatoms. The number of amides is 1. The maximum Gasteiger partial charge on any atom is 0.246 e. The van der Waals surface area contributed by atoms with Crippen LogP contribution in [0.25, 0.3) is 0 Å². The van der Waals surface area contributed by atoms with Crippen molar-refractivity contribution in [1.82, 2.24) is 4.90 Å². The summed E-state index contributed by atoms with van der Waals surface area (Å²) in [5, 5.41) is 3.10. The highest BCUT2D eigenvalue weighted by molar-refractivity contribution is 5.95. The molecule has 1 amide bonds. The number of aryl methyl sites for hydroxylation is 1. The number of benzene rings is 3. The number of morpholine rings is 1. The molecule has 1 atom stereocenters. The van der Waals surface area contributed by atoms with Crippen molar-refractivity contribution in [2.24, 2.45) is 0 Å². The van der Waals surface area contributed by atoms with E-state index in [0.29, 0.717) is 6.54 Å². The summed E-state index contributed by atoms with van der Waals surface area (Å²) in [6, 6.07) is 25.9. The minimum Gasteiger partial charge on any atom is -0.378 e. The zero-order valence-electron chi connectivity index (χ0n) is 18.8. The van der Waals surface area contributed by atoms with E-state index in [0.717, 1.165) is 37.6 Å². The zero-order chi connectivity index (χ0) is 22.3. The lowest BCUT2D eigenvalue weighted by molar-refractivity contribution is -0.121. The van der Waals surface area contributed by atoms with Gasteiger partial charge in [0.1, 0.15) is 6.04 Å². The van der Waals surface area contributed by atoms with Crippen LogP contribution in [-0.2, 0) is 16.1 Å². The minimum absolute atomic E-state index is 0.0357. The first kappa shape index (κ1) is 22.1. The van der Waals surface area contributed by atoms with Crippen LogP contribution in [0.2, 0.25) is 0 Å². The third-order valence-electron chi connectivity index (χ3n) is 5.89. The largest absolute Gasteiger partial charge is 0.378 e. The van der Waals surface area contributed by atoms with Crippen LogP contribution in [0.1, 0.15) is 22.7 Å². The Hall–Kier alpha value is -3.15. The van der Waals surface area contributed by atoms with Crippen LogP contribution in [0.15, 0.2) is 78.9 Å². The Labute approximate surface area is 190 Å². The summed E-state index contributed by atoms with van der Waals surface area (Å²) in [6.45, 7) is 5.96. The molecular formula is C27H31N3O2. The molecule has 32 heavy (non-hydrogen) atoms. The van der Waals surface area contributed by atoms with E-state index >= 15 is 0 Å². The van der Waals surface area contributed by atoms with Crippen LogP contribution < -0.4 is 10.2 Å². The molecule has 0 aliphatic carbocycles. The molecule has 1 heterocycles. The number of ether oxygens (including phenoxy) is 1. The molecule has 1 aliphatic heterocycles. The number of anilines is 2. The fourth-order valence-electron chi connectivity index (χ4n) is 4.21. The number of likely N-dealkylation sites (N-methyl/N-ethyl adjacent to an activating group) is 1. The van der Waals surface area contributed by atoms with Gasteiger partial charge in [0, 0.05) is 31.0 Å². The predicted molar refractivity (Wildman–Crippen MR) is 130 cm³/mol. The molecule has 0 spiro atoms. The molecule has 1 saturated heterocycles. The zero-order valence-corrected chi connectivity index (χ0v) is 18.8. The summed E-state index contributed by atoms with van der Waals surface area (Å²) >= 11 is 0. The van der Waals surface area contributed by atoms with Crippen LogP contribution in [0, 0.1) is 6.92 Å². The number of para-hydroxylation sites is 1. The highest BCUT2D eigenvalue weighted by Gasteiger charge is 2.26. The first-order valence-corrected chi connectivity index (χ1v) is 11.1. The second-order valence-electron chi connectivity index (χ2n) is 8.31. The van der Waals surface area contributed by atoms with Crippen molar-refractivity contribution in [3.8, 4) is 0 Å². The van der Waals surface area contributed by atoms with Gasteiger partial charge in [-0.05, 0) is 43.3 Å². The second-order valence-corrected chi connectivity index (χ2v) is 8.31. The lowest BCUT2D eigenvalue weighted by Crippen LogP contribution is -2.38. The number of nitrogens with one attached hydrogen (secondary N) is 1. The monoisotopic (exact) mass is 429 g/mol. The third kappa shape index (κ3) is 5.36. The molecule has 166 valence electrons. The number of nitrogens with zero attached hydrogens (tertiary/aromatic N) is 2. The van der Waals surface area contributed by atoms with Crippen LogP contribution in [0.5, 0.6) is 0 Å². The van der Waals surface area contributed by atoms with Gasteiger partial charge in [-0.2, -0.15) is 0 Å². The van der Waals surface area contributed by atoms with Crippen LogP contribution in [0.4, 0.5) is 11.4 Å². The lowest BCUT2D eigenvalue weighted by Gasteiger charge is -2.33. The molecule has 5 nitrogen and oxygen atoms in total. The maximum atomic E-state index is 13.4. The minimum atomic E-state index is -0.407. The van der Waals surface area contributed by atoms with Gasteiger partial charge in [-0.25, -0.2) is 0 Å². The van der Waals surface area contributed by atoms with E-state index < -0.39 is 6.04 Å². The number of hydrogen-bond donors (Lipinski definition) is 1. The number of carbonyl (C=O) groups is 1. The summed E-state index contributed by atoms with van der Waals surface area (Å²) in [5.41, 5.74) is 5.38. The maximum absolute atomic E-state index is 13.4. The van der Waals surface area contributed by atoms with E-state index in [1.54, 1.807) is 0 Å². The smallest absolute Gasteiger partial charge is 0.246 e. The molecule has 0 aromatic heterocycles. The van der Waals surface area contributed by atoms with E-state index in [2.05, 4.69) is 39.4 Å². The van der Waals surface area contributed by atoms with Crippen molar-refractivity contribution in [3.05, 3.63) is 95.6 Å².